The molecule has 10 nitrogen and oxygen atoms in total. The van der Waals surface area contributed by atoms with Crippen molar-refractivity contribution in [3.8, 4) is 11.4 Å². The highest BCUT2D eigenvalue weighted by molar-refractivity contribution is 6.02. The van der Waals surface area contributed by atoms with Crippen molar-refractivity contribution in [2.45, 2.75) is 58.4 Å². The summed E-state index contributed by atoms with van der Waals surface area (Å²) in [4.78, 5) is 43.2. The van der Waals surface area contributed by atoms with Gasteiger partial charge in [0, 0.05) is 22.1 Å². The zero-order chi connectivity index (χ0) is 26.5. The van der Waals surface area contributed by atoms with Crippen LogP contribution in [0.5, 0.6) is 0 Å². The number of nitrogens with zero attached hydrogens (tertiary/aromatic N) is 3. The molecule has 2 unspecified atom stereocenters. The van der Waals surface area contributed by atoms with Crippen molar-refractivity contribution in [3.05, 3.63) is 62.9 Å². The number of carbonyl (C=O) groups excluding carboxylic acids is 2. The normalized spacial score (nSPS) is 19.2. The van der Waals surface area contributed by atoms with Crippen LogP contribution in [0.2, 0.25) is 0 Å². The van der Waals surface area contributed by atoms with Gasteiger partial charge < -0.3 is 20.1 Å². The van der Waals surface area contributed by atoms with Gasteiger partial charge in [-0.25, -0.2) is 15.2 Å². The first-order valence-electron chi connectivity index (χ1n) is 12.4. The number of hydrazone groups is 1. The fraction of sp³-hybridized carbons (Fsp3) is 0.370. The van der Waals surface area contributed by atoms with E-state index in [1.54, 1.807) is 23.8 Å². The van der Waals surface area contributed by atoms with Crippen molar-refractivity contribution in [1.82, 2.24) is 15.0 Å². The lowest BCUT2D eigenvalue weighted by atomic mass is 9.86. The molecule has 38 heavy (non-hydrogen) atoms. The van der Waals surface area contributed by atoms with Gasteiger partial charge in [-0.05, 0) is 24.5 Å². The van der Waals surface area contributed by atoms with E-state index in [0.29, 0.717) is 22.5 Å². The highest BCUT2D eigenvalue weighted by Gasteiger charge is 2.45. The van der Waals surface area contributed by atoms with Gasteiger partial charge in [0.1, 0.15) is 6.61 Å². The number of nitrogens with one attached hydrogen (secondary N) is 1. The minimum Gasteiger partial charge on any atom is -0.458 e. The van der Waals surface area contributed by atoms with Crippen molar-refractivity contribution >= 4 is 41.4 Å². The van der Waals surface area contributed by atoms with Crippen LogP contribution >= 0.6 is 12.4 Å². The molecule has 0 spiro atoms. The monoisotopic (exact) mass is 539 g/mol. The predicted octanol–water partition coefficient (Wildman–Crippen LogP) is 2.32. The summed E-state index contributed by atoms with van der Waals surface area (Å²) in [5.74, 6) is -1.14. The lowest BCUT2D eigenvalue weighted by Gasteiger charge is -2.31. The van der Waals surface area contributed by atoms with Gasteiger partial charge in [-0.1, -0.05) is 45.4 Å². The molecule has 0 aliphatic carbocycles. The Morgan fingerprint density at radius 3 is 2.76 bits per heavy atom. The Morgan fingerprint density at radius 2 is 2.05 bits per heavy atom. The van der Waals surface area contributed by atoms with E-state index in [9.17, 15) is 19.5 Å². The Labute approximate surface area is 225 Å². The fourth-order valence-electron chi connectivity index (χ4n) is 4.95. The summed E-state index contributed by atoms with van der Waals surface area (Å²) in [6, 6.07) is 8.47. The number of carbonyl (C=O) groups is 2. The number of hydrogen-bond donors (Lipinski definition) is 3. The number of amides is 1. The zero-order valence-electron chi connectivity index (χ0n) is 21.4. The molecule has 1 aromatic carbocycles. The number of ether oxygens (including phenoxy) is 1. The molecule has 11 heteroatoms. The van der Waals surface area contributed by atoms with Gasteiger partial charge >= 0.3 is 5.97 Å². The van der Waals surface area contributed by atoms with Gasteiger partial charge in [0.2, 0.25) is 0 Å². The molecule has 200 valence electrons. The van der Waals surface area contributed by atoms with Gasteiger partial charge in [-0.15, -0.1) is 12.4 Å². The van der Waals surface area contributed by atoms with Gasteiger partial charge in [0.05, 0.1) is 41.3 Å². The summed E-state index contributed by atoms with van der Waals surface area (Å²) >= 11 is 0. The minimum atomic E-state index is -1.90. The highest BCUT2D eigenvalue weighted by Crippen LogP contribution is 2.39. The highest BCUT2D eigenvalue weighted by atomic mass is 35.5. The summed E-state index contributed by atoms with van der Waals surface area (Å²) in [7, 11) is 0. The third kappa shape index (κ3) is 4.18. The van der Waals surface area contributed by atoms with Crippen molar-refractivity contribution < 1.29 is 19.4 Å². The van der Waals surface area contributed by atoms with E-state index in [1.165, 1.54) is 0 Å². The van der Waals surface area contributed by atoms with Crippen LogP contribution in [0.25, 0.3) is 22.3 Å². The van der Waals surface area contributed by atoms with Crippen LogP contribution in [0.15, 0.2) is 40.2 Å². The van der Waals surface area contributed by atoms with Gasteiger partial charge in [0.25, 0.3) is 11.5 Å². The zero-order valence-corrected chi connectivity index (χ0v) is 22.2. The maximum absolute atomic E-state index is 13.5. The largest absolute Gasteiger partial charge is 0.458 e. The second kappa shape index (κ2) is 10.3. The molecule has 3 aromatic rings. The molecule has 0 bridgehead atoms. The fourth-order valence-corrected chi connectivity index (χ4v) is 4.95. The number of aromatic nitrogens is 2. The van der Waals surface area contributed by atoms with E-state index in [4.69, 9.17) is 15.5 Å². The molecule has 3 atom stereocenters. The lowest BCUT2D eigenvalue weighted by molar-refractivity contribution is -0.172. The molecule has 2 aliphatic heterocycles. The smallest absolute Gasteiger partial charge is 0.343 e. The van der Waals surface area contributed by atoms with Crippen molar-refractivity contribution in [3.63, 3.8) is 0 Å². The average Bonchev–Trinajstić information content (AvgIpc) is 3.28. The molecule has 0 saturated heterocycles. The summed E-state index contributed by atoms with van der Waals surface area (Å²) in [6.07, 6.45) is 2.38. The number of nitrogens with two attached hydrogens (primary N) is 1. The van der Waals surface area contributed by atoms with E-state index in [0.717, 1.165) is 17.4 Å². The number of para-hydroxylation sites is 1. The van der Waals surface area contributed by atoms with Crippen molar-refractivity contribution in [1.29, 1.82) is 0 Å². The van der Waals surface area contributed by atoms with E-state index in [-0.39, 0.29) is 60.5 Å². The topological polar surface area (TPSA) is 149 Å². The minimum absolute atomic E-state index is 0. The van der Waals surface area contributed by atoms with Crippen LogP contribution in [0.4, 0.5) is 0 Å². The number of fused-ring (bicyclic) bond motifs is 5. The number of hydrogen-bond acceptors (Lipinski definition) is 8. The molecule has 5 rings (SSSR count). The lowest BCUT2D eigenvalue weighted by Crippen LogP contribution is -2.44. The molecular weight excluding hydrogens is 510 g/mol. The number of benzene rings is 1. The van der Waals surface area contributed by atoms with E-state index < -0.39 is 17.6 Å². The van der Waals surface area contributed by atoms with Crippen LogP contribution < -0.4 is 16.7 Å². The quantitative estimate of drug-likeness (QED) is 0.193. The molecule has 0 fully saturated rings. The number of aliphatic hydroxyl groups is 1. The maximum Gasteiger partial charge on any atom is 0.343 e. The van der Waals surface area contributed by atoms with Crippen molar-refractivity contribution in [2.75, 3.05) is 0 Å². The standard InChI is InChI=1S/C27H29N5O5.ClH/c1-4-14(3)22(28)24(33)31-29-11-16-15-8-6-7-9-20(15)30-23-17(16)12-32-21(23)10-19-18(25(32)34)13-37-26(35)27(19,36)5-2;/h6-11,14,22,36H,4-5,12-13,28H2,1-3H3,(H,31,33);1H/b29-11-;/t14?,22?,27-;/m0./s1. The van der Waals surface area contributed by atoms with Crippen LogP contribution in [0, 0.1) is 5.92 Å². The maximum atomic E-state index is 13.5. The Balaban J connectivity index is 0.00000336. The summed E-state index contributed by atoms with van der Waals surface area (Å²) in [5.41, 5.74) is 10.0. The first-order valence-corrected chi connectivity index (χ1v) is 12.4. The Morgan fingerprint density at radius 1 is 1.32 bits per heavy atom. The molecule has 1 amide bonds. The van der Waals surface area contributed by atoms with Gasteiger partial charge in [-0.2, -0.15) is 5.10 Å². The Hall–Kier alpha value is -3.60. The van der Waals surface area contributed by atoms with E-state index >= 15 is 0 Å². The first kappa shape index (κ1) is 27.4. The molecule has 4 heterocycles. The first-order chi connectivity index (χ1) is 17.7. The summed E-state index contributed by atoms with van der Waals surface area (Å²) in [5, 5.41) is 16.1. The Bertz CT molecular complexity index is 1530. The number of halogens is 1. The predicted molar refractivity (Wildman–Crippen MR) is 145 cm³/mol. The van der Waals surface area contributed by atoms with E-state index in [1.807, 2.05) is 38.1 Å². The molecular formula is C27H30ClN5O5. The molecule has 0 radical (unpaired) electrons. The van der Waals surface area contributed by atoms with E-state index in [2.05, 4.69) is 10.5 Å². The Kier molecular flexibility index (Phi) is 7.42. The van der Waals surface area contributed by atoms with Crippen LogP contribution in [0.1, 0.15) is 55.9 Å². The molecule has 2 aliphatic rings. The molecule has 0 saturated carbocycles. The SMILES string of the molecule is CCC(C)C(N)C(=O)N/N=C\c1c2c(nc3ccccc13)-c1cc3c(c(=O)n1C2)COC(=O)[C@]3(O)CC.Cl. The number of pyridine rings is 2. The van der Waals surface area contributed by atoms with Gasteiger partial charge in [-0.3, -0.25) is 9.59 Å². The summed E-state index contributed by atoms with van der Waals surface area (Å²) in [6.45, 7) is 5.56. The second-order valence-corrected chi connectivity index (χ2v) is 9.62. The third-order valence-corrected chi connectivity index (χ3v) is 7.57. The van der Waals surface area contributed by atoms with Crippen LogP contribution in [-0.2, 0) is 33.1 Å². The second-order valence-electron chi connectivity index (χ2n) is 9.62. The van der Waals surface area contributed by atoms with Crippen LogP contribution in [-0.4, -0.2) is 38.8 Å². The van der Waals surface area contributed by atoms with Crippen LogP contribution in [0.3, 0.4) is 0 Å². The van der Waals surface area contributed by atoms with Crippen molar-refractivity contribution in [2.24, 2.45) is 16.8 Å². The molecule has 4 N–H and O–H groups in total. The number of esters is 1. The number of cyclic esters (lactones) is 1. The summed E-state index contributed by atoms with van der Waals surface area (Å²) < 4.78 is 6.71. The molecule has 2 aromatic heterocycles. The average molecular weight is 540 g/mol. The third-order valence-electron chi connectivity index (χ3n) is 7.57. The van der Waals surface area contributed by atoms with Gasteiger partial charge in [0.15, 0.2) is 5.60 Å². The number of rotatable bonds is 6.